The number of nitrogens with zero attached hydrogens (tertiary/aromatic N) is 2. The highest BCUT2D eigenvalue weighted by Gasteiger charge is 2.43. The Labute approximate surface area is 156 Å². The summed E-state index contributed by atoms with van der Waals surface area (Å²) in [5.41, 5.74) is 7.97. The summed E-state index contributed by atoms with van der Waals surface area (Å²) in [6, 6.07) is 16.7. The summed E-state index contributed by atoms with van der Waals surface area (Å²) in [5.74, 6) is -0.904. The van der Waals surface area contributed by atoms with Crippen LogP contribution >= 0.6 is 11.8 Å². The number of thioether (sulfide) groups is 1. The molecule has 134 valence electrons. The van der Waals surface area contributed by atoms with E-state index in [-0.39, 0.29) is 24.2 Å². The van der Waals surface area contributed by atoms with Crippen LogP contribution in [0.5, 0.6) is 0 Å². The van der Waals surface area contributed by atoms with E-state index in [1.54, 1.807) is 4.90 Å². The van der Waals surface area contributed by atoms with Crippen LogP contribution in [0.2, 0.25) is 0 Å². The number of anilines is 1. The molecule has 0 aliphatic carbocycles. The Morgan fingerprint density at radius 2 is 1.77 bits per heavy atom. The maximum Gasteiger partial charge on any atom is 0.291 e. The summed E-state index contributed by atoms with van der Waals surface area (Å²) >= 11 is 0.906. The zero-order chi connectivity index (χ0) is 18.7. The van der Waals surface area contributed by atoms with Gasteiger partial charge in [-0.05, 0) is 36.4 Å². The number of amides is 3. The van der Waals surface area contributed by atoms with Crippen LogP contribution in [-0.2, 0) is 16.1 Å². The first-order valence-corrected chi connectivity index (χ1v) is 9.01. The van der Waals surface area contributed by atoms with Gasteiger partial charge in [-0.3, -0.25) is 19.3 Å². The van der Waals surface area contributed by atoms with E-state index in [4.69, 9.17) is 5.73 Å². The largest absolute Gasteiger partial charge is 0.368 e. The molecule has 2 aromatic rings. The number of primary amides is 1. The van der Waals surface area contributed by atoms with Crippen molar-refractivity contribution in [2.75, 3.05) is 11.4 Å². The first kappa shape index (κ1) is 18.0. The molecule has 2 N–H and O–H groups in total. The number of imide groups is 1. The first-order valence-electron chi connectivity index (χ1n) is 8.13. The van der Waals surface area contributed by atoms with Gasteiger partial charge in [-0.1, -0.05) is 48.0 Å². The van der Waals surface area contributed by atoms with Crippen LogP contribution in [0.1, 0.15) is 11.1 Å². The van der Waals surface area contributed by atoms with Crippen molar-refractivity contribution in [1.29, 1.82) is 0 Å². The third kappa shape index (κ3) is 3.88. The molecule has 1 saturated heterocycles. The SMILES string of the molecule is Cc1ccc(N(CC(N)=O)C2SC(=O)N(Cc3ccccc3)C2=O)cc1. The van der Waals surface area contributed by atoms with E-state index in [2.05, 4.69) is 0 Å². The van der Waals surface area contributed by atoms with Crippen molar-refractivity contribution in [3.8, 4) is 0 Å². The average molecular weight is 369 g/mol. The summed E-state index contributed by atoms with van der Waals surface area (Å²) in [7, 11) is 0. The normalized spacial score (nSPS) is 16.8. The average Bonchev–Trinajstić information content (AvgIpc) is 2.89. The lowest BCUT2D eigenvalue weighted by Crippen LogP contribution is -2.45. The second-order valence-corrected chi connectivity index (χ2v) is 7.11. The quantitative estimate of drug-likeness (QED) is 0.846. The number of nitrogens with two attached hydrogens (primary N) is 1. The van der Waals surface area contributed by atoms with Gasteiger partial charge >= 0.3 is 0 Å². The van der Waals surface area contributed by atoms with Gasteiger partial charge < -0.3 is 10.6 Å². The van der Waals surface area contributed by atoms with Gasteiger partial charge in [0.05, 0.1) is 13.1 Å². The lowest BCUT2D eigenvalue weighted by Gasteiger charge is -2.27. The molecule has 1 atom stereocenters. The maximum absolute atomic E-state index is 12.9. The topological polar surface area (TPSA) is 83.7 Å². The molecule has 0 aromatic heterocycles. The van der Waals surface area contributed by atoms with Crippen LogP contribution in [0.25, 0.3) is 0 Å². The van der Waals surface area contributed by atoms with Gasteiger partial charge in [-0.2, -0.15) is 0 Å². The summed E-state index contributed by atoms with van der Waals surface area (Å²) in [4.78, 5) is 39.6. The van der Waals surface area contributed by atoms with Gasteiger partial charge in [0.1, 0.15) is 0 Å². The number of carbonyl (C=O) groups is 3. The van der Waals surface area contributed by atoms with Crippen molar-refractivity contribution in [2.45, 2.75) is 18.8 Å². The zero-order valence-electron chi connectivity index (χ0n) is 14.3. The Morgan fingerprint density at radius 3 is 2.38 bits per heavy atom. The van der Waals surface area contributed by atoms with E-state index in [0.717, 1.165) is 22.9 Å². The number of rotatable bonds is 6. The van der Waals surface area contributed by atoms with Gasteiger partial charge in [0.25, 0.3) is 11.1 Å². The fourth-order valence-electron chi connectivity index (χ4n) is 2.75. The molecule has 7 heteroatoms. The minimum atomic E-state index is -0.804. The molecule has 26 heavy (non-hydrogen) atoms. The van der Waals surface area contributed by atoms with Crippen molar-refractivity contribution in [3.63, 3.8) is 0 Å². The Hall–Kier alpha value is -2.80. The summed E-state index contributed by atoms with van der Waals surface area (Å²) in [6.45, 7) is 2.02. The maximum atomic E-state index is 12.9. The molecule has 1 aliphatic rings. The van der Waals surface area contributed by atoms with Crippen LogP contribution in [0, 0.1) is 6.92 Å². The van der Waals surface area contributed by atoms with E-state index in [9.17, 15) is 14.4 Å². The molecule has 1 fully saturated rings. The molecule has 3 amide bonds. The fraction of sp³-hybridized carbons (Fsp3) is 0.211. The van der Waals surface area contributed by atoms with Crippen LogP contribution in [0.15, 0.2) is 54.6 Å². The molecule has 3 rings (SSSR count). The van der Waals surface area contributed by atoms with Gasteiger partial charge in [-0.25, -0.2) is 0 Å². The third-order valence-electron chi connectivity index (χ3n) is 4.07. The van der Waals surface area contributed by atoms with Crippen LogP contribution in [0.4, 0.5) is 10.5 Å². The predicted octanol–water partition coefficient (Wildman–Crippen LogP) is 2.51. The minimum absolute atomic E-state index is 0.140. The van der Waals surface area contributed by atoms with Crippen molar-refractivity contribution < 1.29 is 14.4 Å². The van der Waals surface area contributed by atoms with E-state index < -0.39 is 11.3 Å². The van der Waals surface area contributed by atoms with Crippen molar-refractivity contribution in [1.82, 2.24) is 4.90 Å². The molecule has 0 radical (unpaired) electrons. The zero-order valence-corrected chi connectivity index (χ0v) is 15.1. The smallest absolute Gasteiger partial charge is 0.291 e. The molecular weight excluding hydrogens is 350 g/mol. The number of aryl methyl sites for hydroxylation is 1. The van der Waals surface area contributed by atoms with Gasteiger partial charge in [0, 0.05) is 5.69 Å². The fourth-order valence-corrected chi connectivity index (χ4v) is 3.78. The lowest BCUT2D eigenvalue weighted by atomic mass is 10.2. The standard InChI is InChI=1S/C19H19N3O3S/c1-13-7-9-15(10-8-13)21(12-16(20)23)18-17(24)22(19(25)26-18)11-14-5-3-2-4-6-14/h2-10,18H,11-12H2,1H3,(H2,20,23). The van der Waals surface area contributed by atoms with Crippen molar-refractivity contribution >= 4 is 34.5 Å². The minimum Gasteiger partial charge on any atom is -0.368 e. The number of carbonyl (C=O) groups excluding carboxylic acids is 3. The van der Waals surface area contributed by atoms with Crippen LogP contribution in [-0.4, -0.2) is 33.9 Å². The molecule has 2 aromatic carbocycles. The molecular formula is C19H19N3O3S. The number of benzene rings is 2. The molecule has 1 heterocycles. The molecule has 1 aliphatic heterocycles. The second-order valence-electron chi connectivity index (χ2n) is 6.08. The van der Waals surface area contributed by atoms with Gasteiger partial charge in [-0.15, -0.1) is 0 Å². The van der Waals surface area contributed by atoms with Crippen molar-refractivity contribution in [3.05, 3.63) is 65.7 Å². The lowest BCUT2D eigenvalue weighted by molar-refractivity contribution is -0.127. The van der Waals surface area contributed by atoms with E-state index in [1.807, 2.05) is 61.5 Å². The Bertz CT molecular complexity index is 824. The second kappa shape index (κ2) is 7.61. The van der Waals surface area contributed by atoms with Crippen LogP contribution < -0.4 is 10.6 Å². The Morgan fingerprint density at radius 1 is 1.12 bits per heavy atom. The highest BCUT2D eigenvalue weighted by atomic mass is 32.2. The highest BCUT2D eigenvalue weighted by molar-refractivity contribution is 8.15. The van der Waals surface area contributed by atoms with Gasteiger partial charge in [0.2, 0.25) is 5.91 Å². The van der Waals surface area contributed by atoms with E-state index in [1.165, 1.54) is 4.90 Å². The molecule has 0 bridgehead atoms. The van der Waals surface area contributed by atoms with Crippen LogP contribution in [0.3, 0.4) is 0 Å². The summed E-state index contributed by atoms with van der Waals surface area (Å²) in [6.07, 6.45) is 0. The summed E-state index contributed by atoms with van der Waals surface area (Å²) in [5, 5.41) is -1.13. The van der Waals surface area contributed by atoms with E-state index in [0.29, 0.717) is 5.69 Å². The third-order valence-corrected chi connectivity index (χ3v) is 5.17. The highest BCUT2D eigenvalue weighted by Crippen LogP contribution is 2.33. The number of hydrogen-bond acceptors (Lipinski definition) is 5. The van der Waals surface area contributed by atoms with Gasteiger partial charge in [0.15, 0.2) is 5.37 Å². The Balaban J connectivity index is 1.85. The summed E-state index contributed by atoms with van der Waals surface area (Å²) < 4.78 is 0. The van der Waals surface area contributed by atoms with Crippen molar-refractivity contribution in [2.24, 2.45) is 5.73 Å². The Kier molecular flexibility index (Phi) is 5.27. The van der Waals surface area contributed by atoms with E-state index >= 15 is 0 Å². The number of hydrogen-bond donors (Lipinski definition) is 1. The predicted molar refractivity (Wildman–Crippen MR) is 101 cm³/mol. The molecule has 6 nitrogen and oxygen atoms in total. The first-order chi connectivity index (χ1) is 12.5. The monoisotopic (exact) mass is 369 g/mol. The molecule has 0 saturated carbocycles. The molecule has 1 unspecified atom stereocenters. The molecule has 0 spiro atoms.